The van der Waals surface area contributed by atoms with Gasteiger partial charge in [-0.3, -0.25) is 0 Å². The number of rotatable bonds is 5. The highest BCUT2D eigenvalue weighted by atomic mass is 32.1. The van der Waals surface area contributed by atoms with Gasteiger partial charge in [0, 0.05) is 44.2 Å². The molecule has 0 unspecified atom stereocenters. The lowest BCUT2D eigenvalue weighted by Crippen LogP contribution is -2.09. The number of aromatic nitrogens is 1. The zero-order valence-electron chi connectivity index (χ0n) is 28.5. The predicted molar refractivity (Wildman–Crippen MR) is 225 cm³/mol. The van der Waals surface area contributed by atoms with Crippen molar-refractivity contribution >= 4 is 92.9 Å². The maximum atomic E-state index is 6.49. The average Bonchev–Trinajstić information content (AvgIpc) is 3.84. The highest BCUT2D eigenvalue weighted by molar-refractivity contribution is 7.22. The van der Waals surface area contributed by atoms with Gasteiger partial charge in [-0.05, 0) is 99.4 Å². The van der Waals surface area contributed by atoms with E-state index in [9.17, 15) is 0 Å². The second-order valence-electron chi connectivity index (χ2n) is 13.6. The van der Waals surface area contributed by atoms with Crippen molar-refractivity contribution in [3.05, 3.63) is 182 Å². The third kappa shape index (κ3) is 4.91. The van der Waals surface area contributed by atoms with Crippen molar-refractivity contribution in [1.82, 2.24) is 4.98 Å². The van der Waals surface area contributed by atoms with Crippen LogP contribution in [0.25, 0.3) is 86.2 Å². The molecule has 11 aromatic rings. The number of hydrogen-bond donors (Lipinski definition) is 0. The molecule has 0 aliphatic carbocycles. The minimum absolute atomic E-state index is 0.881. The molecule has 0 spiro atoms. The van der Waals surface area contributed by atoms with Crippen LogP contribution < -0.4 is 4.90 Å². The summed E-state index contributed by atoms with van der Waals surface area (Å²) in [5.41, 5.74) is 9.53. The van der Waals surface area contributed by atoms with Crippen LogP contribution in [-0.2, 0) is 0 Å². The van der Waals surface area contributed by atoms with Crippen molar-refractivity contribution in [2.75, 3.05) is 4.90 Å². The Balaban J connectivity index is 1.04. The molecule has 0 saturated heterocycles. The van der Waals surface area contributed by atoms with E-state index >= 15 is 0 Å². The molecule has 2 heterocycles. The molecule has 0 amide bonds. The van der Waals surface area contributed by atoms with E-state index in [1.807, 2.05) is 0 Å². The Labute approximate surface area is 309 Å². The molecule has 3 nitrogen and oxygen atoms in total. The number of nitrogens with zero attached hydrogens (tertiary/aromatic N) is 2. The first-order chi connectivity index (χ1) is 26.2. The van der Waals surface area contributed by atoms with E-state index in [1.54, 1.807) is 11.3 Å². The van der Waals surface area contributed by atoms with Gasteiger partial charge in [-0.2, -0.15) is 0 Å². The lowest BCUT2D eigenvalue weighted by atomic mass is 10.0. The molecular weight excluding hydrogens is 665 g/mol. The fourth-order valence-corrected chi connectivity index (χ4v) is 9.00. The number of benzene rings is 9. The predicted octanol–water partition coefficient (Wildman–Crippen LogP) is 14.5. The van der Waals surface area contributed by atoms with Gasteiger partial charge in [-0.1, -0.05) is 115 Å². The summed E-state index contributed by atoms with van der Waals surface area (Å²) in [4.78, 5) is 7.47. The van der Waals surface area contributed by atoms with Gasteiger partial charge in [-0.15, -0.1) is 11.3 Å². The minimum Gasteiger partial charge on any atom is -0.455 e. The fraction of sp³-hybridized carbons (Fsp3) is 0. The lowest BCUT2D eigenvalue weighted by Gasteiger charge is -2.26. The van der Waals surface area contributed by atoms with Gasteiger partial charge in [0.1, 0.15) is 16.2 Å². The van der Waals surface area contributed by atoms with Gasteiger partial charge < -0.3 is 9.32 Å². The molecule has 0 N–H and O–H groups in total. The van der Waals surface area contributed by atoms with Crippen LogP contribution in [0.2, 0.25) is 0 Å². The van der Waals surface area contributed by atoms with Gasteiger partial charge in [0.05, 0.1) is 10.2 Å². The van der Waals surface area contributed by atoms with Crippen LogP contribution in [0.3, 0.4) is 0 Å². The molecule has 9 aromatic carbocycles. The molecule has 53 heavy (non-hydrogen) atoms. The maximum Gasteiger partial charge on any atom is 0.143 e. The summed E-state index contributed by atoms with van der Waals surface area (Å²) in [6.07, 6.45) is 0. The van der Waals surface area contributed by atoms with Crippen molar-refractivity contribution in [3.8, 4) is 21.7 Å². The molecule has 0 atom stereocenters. The highest BCUT2D eigenvalue weighted by Gasteiger charge is 2.18. The third-order valence-corrected chi connectivity index (χ3v) is 11.6. The number of hydrogen-bond acceptors (Lipinski definition) is 4. The van der Waals surface area contributed by atoms with Crippen molar-refractivity contribution < 1.29 is 4.42 Å². The van der Waals surface area contributed by atoms with Crippen LogP contribution in [0.1, 0.15) is 0 Å². The number of fused-ring (bicyclic) bond motifs is 10. The summed E-state index contributed by atoms with van der Waals surface area (Å²) in [6, 6.07) is 64.9. The molecule has 11 rings (SSSR count). The lowest BCUT2D eigenvalue weighted by molar-refractivity contribution is 0.672. The summed E-state index contributed by atoms with van der Waals surface area (Å²) >= 11 is 1.77. The highest BCUT2D eigenvalue weighted by Crippen LogP contribution is 2.43. The Morgan fingerprint density at radius 2 is 1.04 bits per heavy atom. The molecule has 2 aromatic heterocycles. The van der Waals surface area contributed by atoms with Crippen LogP contribution in [0, 0.1) is 0 Å². The van der Waals surface area contributed by atoms with Crippen LogP contribution in [0.15, 0.2) is 186 Å². The quantitative estimate of drug-likeness (QED) is 0.168. The van der Waals surface area contributed by atoms with E-state index in [1.165, 1.54) is 42.8 Å². The number of anilines is 3. The van der Waals surface area contributed by atoms with E-state index in [-0.39, 0.29) is 0 Å². The molecule has 0 aliphatic heterocycles. The Morgan fingerprint density at radius 1 is 0.434 bits per heavy atom. The molecule has 0 saturated carbocycles. The normalized spacial score (nSPS) is 11.8. The Kier molecular flexibility index (Phi) is 6.73. The van der Waals surface area contributed by atoms with Crippen LogP contribution in [-0.4, -0.2) is 4.98 Å². The van der Waals surface area contributed by atoms with E-state index < -0.39 is 0 Å². The largest absolute Gasteiger partial charge is 0.455 e. The molecular formula is C49H30N2OS. The summed E-state index contributed by atoms with van der Waals surface area (Å²) < 4.78 is 7.72. The first-order valence-corrected chi connectivity index (χ1v) is 18.7. The second kappa shape index (κ2) is 11.9. The molecule has 248 valence electrons. The van der Waals surface area contributed by atoms with E-state index in [2.05, 4.69) is 187 Å². The smallest absolute Gasteiger partial charge is 0.143 e. The third-order valence-electron chi connectivity index (χ3n) is 10.5. The zero-order chi connectivity index (χ0) is 34.9. The first kappa shape index (κ1) is 29.9. The van der Waals surface area contributed by atoms with Gasteiger partial charge >= 0.3 is 0 Å². The van der Waals surface area contributed by atoms with Gasteiger partial charge in [0.15, 0.2) is 0 Å². The Bertz CT molecular complexity index is 3160. The number of furan rings is 1. The zero-order valence-corrected chi connectivity index (χ0v) is 29.3. The minimum atomic E-state index is 0.881. The topological polar surface area (TPSA) is 29.3 Å². The molecule has 0 fully saturated rings. The van der Waals surface area contributed by atoms with E-state index in [0.717, 1.165) is 60.5 Å². The van der Waals surface area contributed by atoms with Crippen molar-refractivity contribution in [2.24, 2.45) is 0 Å². The van der Waals surface area contributed by atoms with Crippen LogP contribution >= 0.6 is 11.3 Å². The van der Waals surface area contributed by atoms with Gasteiger partial charge in [0.25, 0.3) is 0 Å². The van der Waals surface area contributed by atoms with E-state index in [0.29, 0.717) is 0 Å². The molecule has 4 heteroatoms. The number of thiazole rings is 1. The first-order valence-electron chi connectivity index (χ1n) is 17.9. The maximum absolute atomic E-state index is 6.49. The fourth-order valence-electron chi connectivity index (χ4n) is 7.86. The molecule has 0 bridgehead atoms. The standard InChI is InChI=1S/C49H30N2OS/c1-2-8-31(9-3-1)32-16-22-37(23-17-32)51(39-26-29-45-43(30-39)42-27-20-34-11-5-7-13-41(34)47(42)52-45)38-24-18-36(19-25-38)49-50-44-28-21-35-15-14-33-10-4-6-12-40(33)46(35)48(44)53-49/h1-30H. The SMILES string of the molecule is c1ccc(-c2ccc(N(c3ccc(-c4nc5ccc6ccc7ccccc7c6c5s4)cc3)c3ccc4oc5c6ccccc6ccc5c4c3)cc2)cc1. The van der Waals surface area contributed by atoms with E-state index in [4.69, 9.17) is 9.40 Å². The summed E-state index contributed by atoms with van der Waals surface area (Å²) in [5.74, 6) is 0. The molecule has 0 radical (unpaired) electrons. The van der Waals surface area contributed by atoms with Gasteiger partial charge in [0.2, 0.25) is 0 Å². The Hall–Kier alpha value is -6.75. The molecule has 0 aliphatic rings. The van der Waals surface area contributed by atoms with Crippen LogP contribution in [0.5, 0.6) is 0 Å². The van der Waals surface area contributed by atoms with Crippen molar-refractivity contribution in [1.29, 1.82) is 0 Å². The monoisotopic (exact) mass is 694 g/mol. The average molecular weight is 695 g/mol. The Morgan fingerprint density at radius 3 is 1.83 bits per heavy atom. The summed E-state index contributed by atoms with van der Waals surface area (Å²) in [5, 5.41) is 10.6. The van der Waals surface area contributed by atoms with Crippen molar-refractivity contribution in [2.45, 2.75) is 0 Å². The van der Waals surface area contributed by atoms with Crippen LogP contribution in [0.4, 0.5) is 17.1 Å². The van der Waals surface area contributed by atoms with Gasteiger partial charge in [-0.25, -0.2) is 4.98 Å². The second-order valence-corrected chi connectivity index (χ2v) is 14.6. The van der Waals surface area contributed by atoms with Crippen molar-refractivity contribution in [3.63, 3.8) is 0 Å². The summed E-state index contributed by atoms with van der Waals surface area (Å²) in [6.45, 7) is 0. The summed E-state index contributed by atoms with van der Waals surface area (Å²) in [7, 11) is 0.